The number of hydrogen-bond acceptors (Lipinski definition) is 5. The molecule has 3 heterocycles. The fourth-order valence-corrected chi connectivity index (χ4v) is 3.22. The maximum atomic E-state index is 12.1. The largest absolute Gasteiger partial charge is 0.399 e. The summed E-state index contributed by atoms with van der Waals surface area (Å²) in [6, 6.07) is 11.4. The molecule has 4 N–H and O–H groups in total. The number of anilines is 1. The molecule has 7 nitrogen and oxygen atoms in total. The highest BCUT2D eigenvalue weighted by Gasteiger charge is 2.20. The number of amides is 1. The highest BCUT2D eigenvalue weighted by atomic mass is 16.3. The van der Waals surface area contributed by atoms with E-state index in [2.05, 4.69) is 15.0 Å². The van der Waals surface area contributed by atoms with Crippen LogP contribution in [-0.4, -0.2) is 45.0 Å². The molecule has 0 bridgehead atoms. The zero-order valence-corrected chi connectivity index (χ0v) is 16.1. The predicted molar refractivity (Wildman–Crippen MR) is 113 cm³/mol. The number of benzene rings is 1. The van der Waals surface area contributed by atoms with Gasteiger partial charge in [-0.2, -0.15) is 0 Å². The average Bonchev–Trinajstić information content (AvgIpc) is 3.16. The van der Waals surface area contributed by atoms with Crippen LogP contribution in [0.2, 0.25) is 0 Å². The number of carbonyl (C=O) groups excluding carboxylic acids is 1. The van der Waals surface area contributed by atoms with Crippen molar-refractivity contribution in [2.45, 2.75) is 6.10 Å². The van der Waals surface area contributed by atoms with E-state index in [0.717, 1.165) is 33.3 Å². The van der Waals surface area contributed by atoms with Crippen molar-refractivity contribution in [1.29, 1.82) is 0 Å². The normalized spacial score (nSPS) is 12.1. The summed E-state index contributed by atoms with van der Waals surface area (Å²) in [4.78, 5) is 25.3. The molecule has 4 aromatic rings. The second-order valence-corrected chi connectivity index (χ2v) is 7.09. The zero-order chi connectivity index (χ0) is 20.5. The Morgan fingerprint density at radius 2 is 1.79 bits per heavy atom. The van der Waals surface area contributed by atoms with Gasteiger partial charge in [-0.1, -0.05) is 12.1 Å². The van der Waals surface area contributed by atoms with Gasteiger partial charge in [0.1, 0.15) is 5.65 Å². The first-order chi connectivity index (χ1) is 13.9. The molecule has 0 aliphatic heterocycles. The second kappa shape index (κ2) is 7.37. The van der Waals surface area contributed by atoms with E-state index in [1.165, 1.54) is 11.1 Å². The monoisotopic (exact) mass is 387 g/mol. The fraction of sp³-hybridized carbons (Fsp3) is 0.136. The van der Waals surface area contributed by atoms with E-state index in [1.807, 2.05) is 36.5 Å². The molecular formula is C22H21N5O2. The number of aromatic amines is 1. The lowest BCUT2D eigenvalue weighted by molar-refractivity contribution is -0.137. The number of nitrogens with one attached hydrogen (secondary N) is 1. The van der Waals surface area contributed by atoms with Crippen LogP contribution in [0.5, 0.6) is 0 Å². The van der Waals surface area contributed by atoms with Crippen molar-refractivity contribution in [3.8, 4) is 22.3 Å². The predicted octanol–water partition coefficient (Wildman–Crippen LogP) is 3.00. The van der Waals surface area contributed by atoms with E-state index in [9.17, 15) is 9.90 Å². The van der Waals surface area contributed by atoms with Crippen LogP contribution in [0.4, 0.5) is 5.69 Å². The molecule has 0 saturated heterocycles. The first-order valence-electron chi connectivity index (χ1n) is 9.11. The molecule has 0 aliphatic carbocycles. The third kappa shape index (κ3) is 3.55. The van der Waals surface area contributed by atoms with E-state index >= 15 is 0 Å². The first-order valence-corrected chi connectivity index (χ1v) is 9.11. The number of aliphatic hydroxyl groups is 1. The van der Waals surface area contributed by atoms with E-state index in [4.69, 9.17) is 5.73 Å². The van der Waals surface area contributed by atoms with Crippen LogP contribution in [0.25, 0.3) is 33.3 Å². The van der Waals surface area contributed by atoms with Crippen LogP contribution in [0, 0.1) is 0 Å². The van der Waals surface area contributed by atoms with Gasteiger partial charge in [0, 0.05) is 72.2 Å². The fourth-order valence-electron chi connectivity index (χ4n) is 3.22. The van der Waals surface area contributed by atoms with Crippen molar-refractivity contribution in [1.82, 2.24) is 19.9 Å². The quantitative estimate of drug-likeness (QED) is 0.467. The minimum absolute atomic E-state index is 0.395. The van der Waals surface area contributed by atoms with Crippen molar-refractivity contribution < 1.29 is 9.90 Å². The number of likely N-dealkylation sites (N-methyl/N-ethyl adjacent to an activating group) is 1. The van der Waals surface area contributed by atoms with Crippen molar-refractivity contribution in [3.63, 3.8) is 0 Å². The third-order valence-corrected chi connectivity index (χ3v) is 4.84. The van der Waals surface area contributed by atoms with Crippen molar-refractivity contribution in [2.24, 2.45) is 0 Å². The number of nitrogen functional groups attached to an aromatic ring is 1. The third-order valence-electron chi connectivity index (χ3n) is 4.84. The summed E-state index contributed by atoms with van der Waals surface area (Å²) < 4.78 is 0. The van der Waals surface area contributed by atoms with Gasteiger partial charge in [0.2, 0.25) is 0 Å². The number of H-pyrrole nitrogens is 1. The first kappa shape index (κ1) is 18.6. The lowest BCUT2D eigenvalue weighted by Gasteiger charge is -2.16. The highest BCUT2D eigenvalue weighted by molar-refractivity contribution is 5.96. The van der Waals surface area contributed by atoms with E-state index < -0.39 is 12.0 Å². The van der Waals surface area contributed by atoms with Crippen molar-refractivity contribution in [3.05, 3.63) is 66.7 Å². The Labute approximate surface area is 167 Å². The summed E-state index contributed by atoms with van der Waals surface area (Å²) in [6.45, 7) is 0. The van der Waals surface area contributed by atoms with Gasteiger partial charge in [0.05, 0.1) is 0 Å². The van der Waals surface area contributed by atoms with E-state index in [-0.39, 0.29) is 0 Å². The molecule has 29 heavy (non-hydrogen) atoms. The molecule has 7 heteroatoms. The minimum atomic E-state index is -1.26. The number of hydrogen-bond donors (Lipinski definition) is 3. The lowest BCUT2D eigenvalue weighted by Crippen LogP contribution is -2.28. The molecule has 4 rings (SSSR count). The Morgan fingerprint density at radius 1 is 1.07 bits per heavy atom. The second-order valence-electron chi connectivity index (χ2n) is 7.09. The van der Waals surface area contributed by atoms with Gasteiger partial charge in [-0.25, -0.2) is 4.98 Å². The number of pyridine rings is 2. The Hall–Kier alpha value is -3.71. The number of carbonyl (C=O) groups is 1. The Kier molecular flexibility index (Phi) is 4.74. The Balaban J connectivity index is 1.75. The van der Waals surface area contributed by atoms with Gasteiger partial charge in [-0.15, -0.1) is 0 Å². The summed E-state index contributed by atoms with van der Waals surface area (Å²) in [5.74, 6) is -0.395. The molecule has 0 aliphatic rings. The molecule has 0 radical (unpaired) electrons. The lowest BCUT2D eigenvalue weighted by atomic mass is 10.0. The molecular weight excluding hydrogens is 366 g/mol. The average molecular weight is 387 g/mol. The molecule has 1 atom stereocenters. The van der Waals surface area contributed by atoms with Crippen LogP contribution in [0.15, 0.2) is 61.2 Å². The van der Waals surface area contributed by atoms with Crippen LogP contribution >= 0.6 is 0 Å². The number of nitrogens with zero attached hydrogens (tertiary/aromatic N) is 3. The molecule has 0 saturated carbocycles. The summed E-state index contributed by atoms with van der Waals surface area (Å²) in [5, 5.41) is 11.3. The van der Waals surface area contributed by atoms with Crippen LogP contribution in [-0.2, 0) is 4.79 Å². The molecule has 0 fully saturated rings. The van der Waals surface area contributed by atoms with Crippen LogP contribution < -0.4 is 5.73 Å². The standard InChI is InChI=1S/C22H21N5O2/c1-27(2)22(29)20(28)16-7-14(9-24-10-16)15-8-18-19(12-26-21(18)25-11-15)13-3-5-17(23)6-4-13/h3-12,20,28H,23H2,1-2H3,(H,25,26). The highest BCUT2D eigenvalue weighted by Crippen LogP contribution is 2.31. The number of fused-ring (bicyclic) bond motifs is 1. The minimum Gasteiger partial charge on any atom is -0.399 e. The molecule has 1 amide bonds. The molecule has 146 valence electrons. The van der Waals surface area contributed by atoms with Gasteiger partial charge in [0.25, 0.3) is 5.91 Å². The van der Waals surface area contributed by atoms with Gasteiger partial charge in [-0.3, -0.25) is 9.78 Å². The summed E-state index contributed by atoms with van der Waals surface area (Å²) in [5.41, 5.74) is 11.4. The Morgan fingerprint density at radius 3 is 2.52 bits per heavy atom. The maximum Gasteiger partial charge on any atom is 0.255 e. The van der Waals surface area contributed by atoms with Crippen LogP contribution in [0.3, 0.4) is 0 Å². The maximum absolute atomic E-state index is 12.1. The summed E-state index contributed by atoms with van der Waals surface area (Å²) >= 11 is 0. The Bertz CT molecular complexity index is 1180. The summed E-state index contributed by atoms with van der Waals surface area (Å²) in [6.07, 6.45) is 5.59. The smallest absolute Gasteiger partial charge is 0.255 e. The number of rotatable bonds is 4. The zero-order valence-electron chi connectivity index (χ0n) is 16.1. The summed E-state index contributed by atoms with van der Waals surface area (Å²) in [7, 11) is 3.20. The van der Waals surface area contributed by atoms with Gasteiger partial charge in [0.15, 0.2) is 6.10 Å². The number of nitrogens with two attached hydrogens (primary N) is 1. The molecule has 3 aromatic heterocycles. The molecule has 1 aromatic carbocycles. The van der Waals surface area contributed by atoms with Gasteiger partial charge >= 0.3 is 0 Å². The van der Waals surface area contributed by atoms with Gasteiger partial charge in [-0.05, 0) is 29.8 Å². The number of aromatic nitrogens is 3. The topological polar surface area (TPSA) is 108 Å². The van der Waals surface area contributed by atoms with Crippen molar-refractivity contribution in [2.75, 3.05) is 19.8 Å². The van der Waals surface area contributed by atoms with Crippen molar-refractivity contribution >= 4 is 22.6 Å². The van der Waals surface area contributed by atoms with Crippen LogP contribution in [0.1, 0.15) is 11.7 Å². The molecule has 1 unspecified atom stereocenters. The van der Waals surface area contributed by atoms with E-state index in [1.54, 1.807) is 32.6 Å². The van der Waals surface area contributed by atoms with Gasteiger partial charge < -0.3 is 20.7 Å². The SMILES string of the molecule is CN(C)C(=O)C(O)c1cncc(-c2cnc3[nH]cc(-c4ccc(N)cc4)c3c2)c1. The molecule has 0 spiro atoms. The number of aliphatic hydroxyl groups excluding tert-OH is 1. The van der Waals surface area contributed by atoms with E-state index in [0.29, 0.717) is 11.3 Å².